The molecule has 0 saturated carbocycles. The predicted molar refractivity (Wildman–Crippen MR) is 93.1 cm³/mol. The number of rotatable bonds is 7. The third kappa shape index (κ3) is 6.32. The Hall–Kier alpha value is -1.39. The van der Waals surface area contributed by atoms with Crippen LogP contribution in [0.4, 0.5) is 0 Å². The summed E-state index contributed by atoms with van der Waals surface area (Å²) in [6.45, 7) is 9.52. The SMILES string of the molecule is CC(C)CC[C@H](C)NC(=O)[C@@H]1CN(Cc2ccccc2)CCO1. The highest BCUT2D eigenvalue weighted by molar-refractivity contribution is 5.81. The van der Waals surface area contributed by atoms with Crippen LogP contribution in [0.2, 0.25) is 0 Å². The van der Waals surface area contributed by atoms with Crippen molar-refractivity contribution in [3.05, 3.63) is 35.9 Å². The average molecular weight is 318 g/mol. The van der Waals surface area contributed by atoms with Crippen molar-refractivity contribution in [2.24, 2.45) is 5.92 Å². The number of hydrogen-bond donors (Lipinski definition) is 1. The van der Waals surface area contributed by atoms with E-state index in [2.05, 4.69) is 55.3 Å². The van der Waals surface area contributed by atoms with Crippen molar-refractivity contribution in [2.75, 3.05) is 19.7 Å². The van der Waals surface area contributed by atoms with Gasteiger partial charge in [0.25, 0.3) is 5.91 Å². The van der Waals surface area contributed by atoms with Crippen molar-refractivity contribution in [1.29, 1.82) is 0 Å². The fourth-order valence-electron chi connectivity index (χ4n) is 2.84. The van der Waals surface area contributed by atoms with Crippen LogP contribution >= 0.6 is 0 Å². The van der Waals surface area contributed by atoms with E-state index in [1.165, 1.54) is 5.56 Å². The molecule has 0 aliphatic carbocycles. The van der Waals surface area contributed by atoms with Gasteiger partial charge in [-0.3, -0.25) is 9.69 Å². The van der Waals surface area contributed by atoms with E-state index in [1.54, 1.807) is 0 Å². The molecule has 0 unspecified atom stereocenters. The molecular weight excluding hydrogens is 288 g/mol. The minimum Gasteiger partial charge on any atom is -0.366 e. The molecule has 1 fully saturated rings. The number of nitrogens with one attached hydrogen (secondary N) is 1. The van der Waals surface area contributed by atoms with Gasteiger partial charge >= 0.3 is 0 Å². The molecule has 1 aliphatic heterocycles. The Bertz CT molecular complexity index is 476. The van der Waals surface area contributed by atoms with Crippen molar-refractivity contribution < 1.29 is 9.53 Å². The van der Waals surface area contributed by atoms with Crippen molar-refractivity contribution >= 4 is 5.91 Å². The van der Waals surface area contributed by atoms with Crippen LogP contribution in [0.5, 0.6) is 0 Å². The standard InChI is InChI=1S/C19H30N2O2/c1-15(2)9-10-16(3)20-19(22)18-14-21(11-12-23-18)13-17-7-5-4-6-8-17/h4-8,15-16,18H,9-14H2,1-3H3,(H,20,22)/t16-,18-/m0/s1. The van der Waals surface area contributed by atoms with Gasteiger partial charge in [0.15, 0.2) is 0 Å². The van der Waals surface area contributed by atoms with Gasteiger partial charge in [-0.25, -0.2) is 0 Å². The lowest BCUT2D eigenvalue weighted by atomic mass is 10.0. The Labute approximate surface area is 140 Å². The molecule has 2 atom stereocenters. The van der Waals surface area contributed by atoms with Crippen LogP contribution in [0.15, 0.2) is 30.3 Å². The molecule has 1 N–H and O–H groups in total. The lowest BCUT2D eigenvalue weighted by molar-refractivity contribution is -0.139. The fourth-order valence-corrected chi connectivity index (χ4v) is 2.84. The molecule has 1 amide bonds. The molecule has 4 nitrogen and oxygen atoms in total. The number of carbonyl (C=O) groups is 1. The summed E-state index contributed by atoms with van der Waals surface area (Å²) in [4.78, 5) is 14.7. The fraction of sp³-hybridized carbons (Fsp3) is 0.632. The van der Waals surface area contributed by atoms with Crippen LogP contribution in [0.1, 0.15) is 39.2 Å². The topological polar surface area (TPSA) is 41.6 Å². The quantitative estimate of drug-likeness (QED) is 0.840. The summed E-state index contributed by atoms with van der Waals surface area (Å²) < 4.78 is 5.68. The number of carbonyl (C=O) groups excluding carboxylic acids is 1. The zero-order valence-electron chi connectivity index (χ0n) is 14.6. The van der Waals surface area contributed by atoms with Gasteiger partial charge in [-0.2, -0.15) is 0 Å². The van der Waals surface area contributed by atoms with E-state index < -0.39 is 0 Å². The van der Waals surface area contributed by atoms with E-state index >= 15 is 0 Å². The number of hydrogen-bond acceptors (Lipinski definition) is 3. The first-order chi connectivity index (χ1) is 11.0. The first-order valence-corrected chi connectivity index (χ1v) is 8.73. The number of ether oxygens (including phenoxy) is 1. The van der Waals surface area contributed by atoms with Gasteiger partial charge in [0.05, 0.1) is 6.61 Å². The van der Waals surface area contributed by atoms with Gasteiger partial charge in [0.2, 0.25) is 0 Å². The summed E-state index contributed by atoms with van der Waals surface area (Å²) in [5.41, 5.74) is 1.28. The molecule has 0 bridgehead atoms. The Morgan fingerprint density at radius 1 is 1.26 bits per heavy atom. The van der Waals surface area contributed by atoms with Gasteiger partial charge in [-0.15, -0.1) is 0 Å². The molecular formula is C19H30N2O2. The summed E-state index contributed by atoms with van der Waals surface area (Å²) in [6, 6.07) is 10.6. The maximum absolute atomic E-state index is 12.4. The van der Waals surface area contributed by atoms with E-state index in [0.29, 0.717) is 19.1 Å². The van der Waals surface area contributed by atoms with Gasteiger partial charge in [0, 0.05) is 25.7 Å². The molecule has 1 heterocycles. The van der Waals surface area contributed by atoms with E-state index in [0.717, 1.165) is 25.9 Å². The monoisotopic (exact) mass is 318 g/mol. The van der Waals surface area contributed by atoms with Crippen LogP contribution in [-0.2, 0) is 16.1 Å². The van der Waals surface area contributed by atoms with Crippen LogP contribution in [0, 0.1) is 5.92 Å². The van der Waals surface area contributed by atoms with E-state index in [-0.39, 0.29) is 18.1 Å². The van der Waals surface area contributed by atoms with Crippen molar-refractivity contribution in [3.8, 4) is 0 Å². The first kappa shape index (κ1) is 18.0. The van der Waals surface area contributed by atoms with Crippen LogP contribution in [-0.4, -0.2) is 42.6 Å². The molecule has 1 aromatic rings. The highest BCUT2D eigenvalue weighted by Gasteiger charge is 2.27. The van der Waals surface area contributed by atoms with Gasteiger partial charge in [-0.05, 0) is 31.2 Å². The second-order valence-electron chi connectivity index (χ2n) is 6.96. The van der Waals surface area contributed by atoms with Crippen LogP contribution in [0.3, 0.4) is 0 Å². The molecule has 1 aromatic carbocycles. The number of nitrogens with zero attached hydrogens (tertiary/aromatic N) is 1. The smallest absolute Gasteiger partial charge is 0.250 e. The summed E-state index contributed by atoms with van der Waals surface area (Å²) >= 11 is 0. The Morgan fingerprint density at radius 3 is 2.70 bits per heavy atom. The van der Waals surface area contributed by atoms with Crippen LogP contribution in [0.25, 0.3) is 0 Å². The van der Waals surface area contributed by atoms with E-state index in [4.69, 9.17) is 4.74 Å². The number of morpholine rings is 1. The maximum Gasteiger partial charge on any atom is 0.250 e. The summed E-state index contributed by atoms with van der Waals surface area (Å²) in [6.07, 6.45) is 1.80. The zero-order chi connectivity index (χ0) is 16.7. The van der Waals surface area contributed by atoms with Gasteiger partial charge < -0.3 is 10.1 Å². The molecule has 1 saturated heterocycles. The molecule has 23 heavy (non-hydrogen) atoms. The molecule has 1 aliphatic rings. The predicted octanol–water partition coefficient (Wildman–Crippen LogP) is 2.83. The maximum atomic E-state index is 12.4. The van der Waals surface area contributed by atoms with Gasteiger partial charge in [0.1, 0.15) is 6.10 Å². The second-order valence-corrected chi connectivity index (χ2v) is 6.96. The Morgan fingerprint density at radius 2 is 2.00 bits per heavy atom. The number of benzene rings is 1. The van der Waals surface area contributed by atoms with E-state index in [1.807, 2.05) is 6.07 Å². The average Bonchev–Trinajstić information content (AvgIpc) is 2.54. The van der Waals surface area contributed by atoms with Crippen molar-refractivity contribution in [3.63, 3.8) is 0 Å². The molecule has 0 aromatic heterocycles. The minimum absolute atomic E-state index is 0.0269. The summed E-state index contributed by atoms with van der Waals surface area (Å²) in [5.74, 6) is 0.695. The molecule has 128 valence electrons. The first-order valence-electron chi connectivity index (χ1n) is 8.73. The largest absolute Gasteiger partial charge is 0.366 e. The highest BCUT2D eigenvalue weighted by atomic mass is 16.5. The lowest BCUT2D eigenvalue weighted by Gasteiger charge is -2.32. The highest BCUT2D eigenvalue weighted by Crippen LogP contribution is 2.12. The Balaban J connectivity index is 1.79. The van der Waals surface area contributed by atoms with E-state index in [9.17, 15) is 4.79 Å². The summed E-state index contributed by atoms with van der Waals surface area (Å²) in [7, 11) is 0. The van der Waals surface area contributed by atoms with Crippen LogP contribution < -0.4 is 5.32 Å². The van der Waals surface area contributed by atoms with Gasteiger partial charge in [-0.1, -0.05) is 44.2 Å². The van der Waals surface area contributed by atoms with Crippen molar-refractivity contribution in [1.82, 2.24) is 10.2 Å². The van der Waals surface area contributed by atoms with Crippen molar-refractivity contribution in [2.45, 2.75) is 52.3 Å². The zero-order valence-corrected chi connectivity index (χ0v) is 14.6. The molecule has 2 rings (SSSR count). The molecule has 0 spiro atoms. The second kappa shape index (κ2) is 9.04. The molecule has 0 radical (unpaired) electrons. The normalized spacial score (nSPS) is 20.4. The Kier molecular flexibility index (Phi) is 7.06. The third-order valence-corrected chi connectivity index (χ3v) is 4.26. The minimum atomic E-state index is -0.353. The summed E-state index contributed by atoms with van der Waals surface area (Å²) in [5, 5.41) is 3.10. The third-order valence-electron chi connectivity index (χ3n) is 4.26. The molecule has 4 heteroatoms. The lowest BCUT2D eigenvalue weighted by Crippen LogP contribution is -2.51. The number of amides is 1.